The van der Waals surface area contributed by atoms with Crippen molar-refractivity contribution in [1.82, 2.24) is 20.0 Å². The lowest BCUT2D eigenvalue weighted by molar-refractivity contribution is 0.0371. The molecular formula is C19H26N4O. The van der Waals surface area contributed by atoms with Gasteiger partial charge < -0.3 is 4.90 Å². The zero-order chi connectivity index (χ0) is 17.1. The molecule has 2 heterocycles. The van der Waals surface area contributed by atoms with Gasteiger partial charge in [-0.2, -0.15) is 5.10 Å². The molecule has 0 radical (unpaired) electrons. The third kappa shape index (κ3) is 3.36. The first kappa shape index (κ1) is 16.7. The fraction of sp³-hybridized carbons (Fsp3) is 0.474. The number of H-pyrrole nitrogens is 1. The normalized spacial score (nSPS) is 19.0. The van der Waals surface area contributed by atoms with Gasteiger partial charge in [0.2, 0.25) is 0 Å². The first-order valence-corrected chi connectivity index (χ1v) is 8.75. The predicted octanol–water partition coefficient (Wildman–Crippen LogP) is 3.02. The minimum Gasteiger partial charge on any atom is -0.336 e. The van der Waals surface area contributed by atoms with Crippen LogP contribution in [0.25, 0.3) is 11.3 Å². The lowest BCUT2D eigenvalue weighted by Crippen LogP contribution is -2.56. The fourth-order valence-electron chi connectivity index (χ4n) is 3.49. The van der Waals surface area contributed by atoms with E-state index in [0.29, 0.717) is 12.1 Å². The van der Waals surface area contributed by atoms with Crippen molar-refractivity contribution in [3.63, 3.8) is 0 Å². The van der Waals surface area contributed by atoms with Crippen molar-refractivity contribution in [2.45, 2.75) is 39.3 Å². The average Bonchev–Trinajstić information content (AvgIpc) is 3.15. The van der Waals surface area contributed by atoms with Gasteiger partial charge >= 0.3 is 0 Å². The number of rotatable bonds is 4. The number of hydrogen-bond donors (Lipinski definition) is 1. The maximum atomic E-state index is 12.8. The highest BCUT2D eigenvalue weighted by atomic mass is 16.2. The van der Waals surface area contributed by atoms with Crippen molar-refractivity contribution in [2.24, 2.45) is 0 Å². The van der Waals surface area contributed by atoms with E-state index in [1.807, 2.05) is 35.2 Å². The van der Waals surface area contributed by atoms with Crippen molar-refractivity contribution in [3.05, 3.63) is 42.1 Å². The van der Waals surface area contributed by atoms with Crippen molar-refractivity contribution in [2.75, 3.05) is 19.6 Å². The minimum atomic E-state index is 0.132. The van der Waals surface area contributed by atoms with Crippen LogP contribution in [0.1, 0.15) is 37.6 Å². The van der Waals surface area contributed by atoms with Crippen LogP contribution in [-0.4, -0.2) is 57.6 Å². The highest BCUT2D eigenvalue weighted by Crippen LogP contribution is 2.20. The van der Waals surface area contributed by atoms with Gasteiger partial charge in [0, 0.05) is 43.5 Å². The quantitative estimate of drug-likeness (QED) is 0.939. The number of nitrogens with zero attached hydrogens (tertiary/aromatic N) is 3. The van der Waals surface area contributed by atoms with Crippen molar-refractivity contribution in [1.29, 1.82) is 0 Å². The first-order chi connectivity index (χ1) is 11.6. The molecule has 0 bridgehead atoms. The summed E-state index contributed by atoms with van der Waals surface area (Å²) in [5.41, 5.74) is 2.76. The Kier molecular flexibility index (Phi) is 5.00. The highest BCUT2D eigenvalue weighted by molar-refractivity contribution is 5.94. The summed E-state index contributed by atoms with van der Waals surface area (Å²) in [6, 6.07) is 10.7. The number of amides is 1. The average molecular weight is 326 g/mol. The summed E-state index contributed by atoms with van der Waals surface area (Å²) in [7, 11) is 0. The number of carbonyl (C=O) groups is 1. The Hall–Kier alpha value is -2.14. The fourth-order valence-corrected chi connectivity index (χ4v) is 3.49. The zero-order valence-corrected chi connectivity index (χ0v) is 14.7. The van der Waals surface area contributed by atoms with Gasteiger partial charge in [-0.25, -0.2) is 0 Å². The van der Waals surface area contributed by atoms with Crippen molar-refractivity contribution < 1.29 is 4.79 Å². The van der Waals surface area contributed by atoms with Gasteiger partial charge in [-0.3, -0.25) is 14.8 Å². The molecule has 0 saturated carbocycles. The number of nitrogens with one attached hydrogen (secondary N) is 1. The van der Waals surface area contributed by atoms with Gasteiger partial charge in [0.25, 0.3) is 5.91 Å². The van der Waals surface area contributed by atoms with E-state index >= 15 is 0 Å². The van der Waals surface area contributed by atoms with E-state index in [2.05, 4.69) is 35.9 Å². The predicted molar refractivity (Wildman–Crippen MR) is 95.8 cm³/mol. The van der Waals surface area contributed by atoms with Crippen LogP contribution in [0.5, 0.6) is 0 Å². The first-order valence-electron chi connectivity index (χ1n) is 8.75. The number of hydrogen-bond acceptors (Lipinski definition) is 3. The van der Waals surface area contributed by atoms with Crippen molar-refractivity contribution >= 4 is 5.91 Å². The molecule has 0 aliphatic carbocycles. The lowest BCUT2D eigenvalue weighted by Gasteiger charge is -2.43. The van der Waals surface area contributed by atoms with Crippen LogP contribution in [0, 0.1) is 0 Å². The van der Waals surface area contributed by atoms with E-state index in [-0.39, 0.29) is 5.91 Å². The molecule has 1 aliphatic heterocycles. The molecule has 1 N–H and O–H groups in total. The van der Waals surface area contributed by atoms with Crippen LogP contribution in [0.2, 0.25) is 0 Å². The summed E-state index contributed by atoms with van der Waals surface area (Å²) in [5, 5.41) is 6.91. The molecule has 1 aromatic heterocycles. The molecule has 1 saturated heterocycles. The third-order valence-corrected chi connectivity index (χ3v) is 4.89. The second-order valence-corrected chi connectivity index (χ2v) is 6.69. The van der Waals surface area contributed by atoms with Crippen LogP contribution in [0.3, 0.4) is 0 Å². The van der Waals surface area contributed by atoms with Gasteiger partial charge in [-0.1, -0.05) is 19.1 Å². The van der Waals surface area contributed by atoms with Gasteiger partial charge in [-0.15, -0.1) is 0 Å². The standard InChI is InChI=1S/C19H26N4O/c1-4-17-13-22(11-12-23(17)14(2)3)19(24)16-7-5-15(6-8-16)18-9-10-20-21-18/h5-10,14,17H,4,11-13H2,1-3H3,(H,20,21). The molecular weight excluding hydrogens is 300 g/mol. The Morgan fingerprint density at radius 3 is 2.58 bits per heavy atom. The largest absolute Gasteiger partial charge is 0.336 e. The summed E-state index contributed by atoms with van der Waals surface area (Å²) in [5.74, 6) is 0.132. The Balaban J connectivity index is 1.70. The SMILES string of the molecule is CCC1CN(C(=O)c2ccc(-c3ccn[nH]3)cc2)CCN1C(C)C. The molecule has 1 unspecified atom stereocenters. The van der Waals surface area contributed by atoms with Gasteiger partial charge in [0.1, 0.15) is 0 Å². The molecule has 2 aromatic rings. The van der Waals surface area contributed by atoms with Crippen LogP contribution in [0.4, 0.5) is 0 Å². The van der Waals surface area contributed by atoms with Gasteiger partial charge in [-0.05, 0) is 44.0 Å². The topological polar surface area (TPSA) is 52.2 Å². The summed E-state index contributed by atoms with van der Waals surface area (Å²) >= 11 is 0. The third-order valence-electron chi connectivity index (χ3n) is 4.89. The van der Waals surface area contributed by atoms with Crippen LogP contribution < -0.4 is 0 Å². The van der Waals surface area contributed by atoms with E-state index in [0.717, 1.165) is 42.9 Å². The number of carbonyl (C=O) groups excluding carboxylic acids is 1. The number of aromatic nitrogens is 2. The number of aromatic amines is 1. The Bertz CT molecular complexity index is 663. The molecule has 1 aliphatic rings. The molecule has 0 spiro atoms. The Morgan fingerprint density at radius 2 is 2.00 bits per heavy atom. The monoisotopic (exact) mass is 326 g/mol. The molecule has 1 atom stereocenters. The lowest BCUT2D eigenvalue weighted by atomic mass is 10.0. The Morgan fingerprint density at radius 1 is 1.25 bits per heavy atom. The van der Waals surface area contributed by atoms with E-state index in [4.69, 9.17) is 0 Å². The maximum Gasteiger partial charge on any atom is 0.253 e. The van der Waals surface area contributed by atoms with E-state index in [1.165, 1.54) is 0 Å². The molecule has 128 valence electrons. The van der Waals surface area contributed by atoms with Gasteiger partial charge in [0.05, 0.1) is 5.69 Å². The molecule has 5 nitrogen and oxygen atoms in total. The van der Waals surface area contributed by atoms with Crippen LogP contribution in [0.15, 0.2) is 36.5 Å². The van der Waals surface area contributed by atoms with Crippen LogP contribution in [-0.2, 0) is 0 Å². The molecule has 5 heteroatoms. The maximum absolute atomic E-state index is 12.8. The summed E-state index contributed by atoms with van der Waals surface area (Å²) < 4.78 is 0. The van der Waals surface area contributed by atoms with E-state index < -0.39 is 0 Å². The molecule has 1 amide bonds. The smallest absolute Gasteiger partial charge is 0.253 e. The van der Waals surface area contributed by atoms with E-state index in [1.54, 1.807) is 6.20 Å². The zero-order valence-electron chi connectivity index (χ0n) is 14.7. The number of benzene rings is 1. The number of piperazine rings is 1. The second-order valence-electron chi connectivity index (χ2n) is 6.69. The summed E-state index contributed by atoms with van der Waals surface area (Å²) in [6.45, 7) is 9.23. The summed E-state index contributed by atoms with van der Waals surface area (Å²) in [4.78, 5) is 17.3. The Labute approximate surface area is 143 Å². The summed E-state index contributed by atoms with van der Waals surface area (Å²) in [6.07, 6.45) is 2.80. The van der Waals surface area contributed by atoms with Crippen LogP contribution >= 0.6 is 0 Å². The molecule has 24 heavy (non-hydrogen) atoms. The van der Waals surface area contributed by atoms with E-state index in [9.17, 15) is 4.79 Å². The molecule has 3 rings (SSSR count). The molecule has 1 aromatic carbocycles. The minimum absolute atomic E-state index is 0.132. The van der Waals surface area contributed by atoms with Gasteiger partial charge in [0.15, 0.2) is 0 Å². The second kappa shape index (κ2) is 7.18. The van der Waals surface area contributed by atoms with Crippen molar-refractivity contribution in [3.8, 4) is 11.3 Å². The highest BCUT2D eigenvalue weighted by Gasteiger charge is 2.30. The molecule has 1 fully saturated rings.